The van der Waals surface area contributed by atoms with E-state index in [1.54, 1.807) is 0 Å². The average molecular weight is 869 g/mol. The van der Waals surface area contributed by atoms with Crippen LogP contribution in [0.25, 0.3) is 94.2 Å². The number of nitrogens with zero attached hydrogens (tertiary/aromatic N) is 4. The first-order valence-corrected chi connectivity index (χ1v) is 24.2. The van der Waals surface area contributed by atoms with Crippen molar-refractivity contribution in [3.05, 3.63) is 226 Å². The first kappa shape index (κ1) is 37.9. The van der Waals surface area contributed by atoms with Gasteiger partial charge >= 0.3 is 0 Å². The maximum Gasteiger partial charge on any atom is 0.0929 e. The number of hydrogen-bond donors (Lipinski definition) is 0. The second-order valence-electron chi connectivity index (χ2n) is 18.9. The van der Waals surface area contributed by atoms with Gasteiger partial charge in [0.25, 0.3) is 0 Å². The van der Waals surface area contributed by atoms with Gasteiger partial charge in [-0.15, -0.1) is 5.73 Å². The van der Waals surface area contributed by atoms with Crippen LogP contribution in [-0.4, -0.2) is 17.7 Å². The monoisotopic (exact) mass is 868 g/mol. The Kier molecular flexibility index (Phi) is 8.13. The van der Waals surface area contributed by atoms with Crippen molar-refractivity contribution in [3.8, 4) is 11.1 Å². The van der Waals surface area contributed by atoms with Crippen molar-refractivity contribution in [2.75, 3.05) is 18.0 Å². The molecule has 0 saturated carbocycles. The van der Waals surface area contributed by atoms with Crippen LogP contribution in [0.5, 0.6) is 0 Å². The topological polar surface area (TPSA) is 32.9 Å². The summed E-state index contributed by atoms with van der Waals surface area (Å²) in [7, 11) is 0. The summed E-state index contributed by atoms with van der Waals surface area (Å²) in [6.45, 7) is 1.40. The molecule has 0 bridgehead atoms. The number of fused-ring (bicyclic) bond motifs is 16. The first-order chi connectivity index (χ1) is 33.8. The Morgan fingerprint density at radius 1 is 0.544 bits per heavy atom. The van der Waals surface area contributed by atoms with Crippen molar-refractivity contribution in [3.63, 3.8) is 0 Å². The number of hydrogen-bond acceptors (Lipinski definition) is 3. The molecule has 3 aliphatic carbocycles. The summed E-state index contributed by atoms with van der Waals surface area (Å²) in [6, 6.07) is 58.5. The third kappa shape index (κ3) is 5.38. The van der Waals surface area contributed by atoms with E-state index in [0.29, 0.717) is 13.1 Å². The van der Waals surface area contributed by atoms with Crippen molar-refractivity contribution in [2.45, 2.75) is 31.7 Å². The Balaban J connectivity index is 0.883. The largest absolute Gasteiger partial charge is 0.328 e. The third-order valence-corrected chi connectivity index (χ3v) is 15.4. The fourth-order valence-electron chi connectivity index (χ4n) is 12.5. The quantitative estimate of drug-likeness (QED) is 0.162. The fourth-order valence-corrected chi connectivity index (χ4v) is 12.5. The van der Waals surface area contributed by atoms with E-state index in [4.69, 9.17) is 9.98 Å². The molecule has 0 radical (unpaired) electrons. The number of benzene rings is 9. The molecule has 320 valence electrons. The molecule has 2 aliphatic heterocycles. The van der Waals surface area contributed by atoms with Crippen LogP contribution in [0.4, 0.5) is 11.4 Å². The molecule has 1 atom stereocenters. The molecule has 5 aliphatic rings. The molecule has 15 rings (SSSR count). The Labute approximate surface area is 393 Å². The summed E-state index contributed by atoms with van der Waals surface area (Å²) < 4.78 is 2.59. The summed E-state index contributed by atoms with van der Waals surface area (Å²) in [5, 5.41) is 12.3. The van der Waals surface area contributed by atoms with Gasteiger partial charge in [0.05, 0.1) is 46.6 Å². The molecule has 1 unspecified atom stereocenters. The van der Waals surface area contributed by atoms with Crippen LogP contribution in [0.1, 0.15) is 58.7 Å². The molecule has 0 saturated heterocycles. The van der Waals surface area contributed by atoms with Gasteiger partial charge in [-0.2, -0.15) is 0 Å². The molecular weight excluding hydrogens is 825 g/mol. The molecular formula is C64H44N4. The van der Waals surface area contributed by atoms with Crippen molar-refractivity contribution in [1.82, 2.24) is 4.57 Å². The van der Waals surface area contributed by atoms with E-state index in [0.717, 1.165) is 36.4 Å². The van der Waals surface area contributed by atoms with Gasteiger partial charge in [-0.25, -0.2) is 0 Å². The number of aromatic nitrogens is 1. The number of allylic oxidation sites excluding steroid dienone is 5. The molecule has 3 heterocycles. The highest BCUT2D eigenvalue weighted by molar-refractivity contribution is 6.24. The molecule has 4 nitrogen and oxygen atoms in total. The highest BCUT2D eigenvalue weighted by Crippen LogP contribution is 2.56. The Morgan fingerprint density at radius 3 is 1.91 bits per heavy atom. The zero-order valence-electron chi connectivity index (χ0n) is 37.5. The Bertz CT molecular complexity index is 4100. The highest BCUT2D eigenvalue weighted by Gasteiger charge is 2.39. The van der Waals surface area contributed by atoms with E-state index in [1.165, 1.54) is 127 Å². The van der Waals surface area contributed by atoms with Crippen molar-refractivity contribution in [1.29, 1.82) is 0 Å². The Morgan fingerprint density at radius 2 is 1.19 bits per heavy atom. The van der Waals surface area contributed by atoms with E-state index >= 15 is 0 Å². The summed E-state index contributed by atoms with van der Waals surface area (Å²) in [5.41, 5.74) is 22.9. The van der Waals surface area contributed by atoms with Crippen molar-refractivity contribution < 1.29 is 0 Å². The number of rotatable bonds is 4. The summed E-state index contributed by atoms with van der Waals surface area (Å²) in [6.07, 6.45) is 15.5. The van der Waals surface area contributed by atoms with E-state index in [1.807, 2.05) is 0 Å². The molecule has 0 fully saturated rings. The van der Waals surface area contributed by atoms with Crippen molar-refractivity contribution >= 4 is 94.5 Å². The highest BCUT2D eigenvalue weighted by atomic mass is 15.2. The van der Waals surface area contributed by atoms with Gasteiger partial charge in [-0.05, 0) is 99.5 Å². The second-order valence-corrected chi connectivity index (χ2v) is 18.9. The van der Waals surface area contributed by atoms with Crippen LogP contribution < -0.4 is 15.6 Å². The predicted octanol–water partition coefficient (Wildman–Crippen LogP) is 14.8. The number of anilines is 2. The van der Waals surface area contributed by atoms with Crippen molar-refractivity contribution in [2.24, 2.45) is 9.98 Å². The average Bonchev–Trinajstić information content (AvgIpc) is 3.95. The van der Waals surface area contributed by atoms with Gasteiger partial charge in [0.1, 0.15) is 0 Å². The SMILES string of the molecule is C1=Cc2ccccc2C2C=1c1ccc3ccccc3c1N2c1ccc(-c2c3c(c(C4=CC=C(n5c6c7ccccc7ccc6c6ccc7ccccc7c65)CC4)c4c2=NCCN=4)C=CCC3)cc1. The molecule has 9 aromatic carbocycles. The van der Waals surface area contributed by atoms with E-state index in [2.05, 4.69) is 203 Å². The molecule has 0 spiro atoms. The van der Waals surface area contributed by atoms with E-state index in [9.17, 15) is 0 Å². The van der Waals surface area contributed by atoms with Gasteiger partial charge in [0, 0.05) is 60.6 Å². The zero-order chi connectivity index (χ0) is 44.5. The smallest absolute Gasteiger partial charge is 0.0929 e. The summed E-state index contributed by atoms with van der Waals surface area (Å²) in [4.78, 5) is 13.3. The van der Waals surface area contributed by atoms with Crippen LogP contribution in [0, 0.1) is 0 Å². The lowest BCUT2D eigenvalue weighted by molar-refractivity contribution is 0.852. The molecule has 4 heteroatoms. The zero-order valence-corrected chi connectivity index (χ0v) is 37.5. The van der Waals surface area contributed by atoms with E-state index < -0.39 is 0 Å². The molecule has 0 amide bonds. The summed E-state index contributed by atoms with van der Waals surface area (Å²) >= 11 is 0. The lowest BCUT2D eigenvalue weighted by Gasteiger charge is -2.31. The lowest BCUT2D eigenvalue weighted by atomic mass is 9.81. The van der Waals surface area contributed by atoms with Crippen LogP contribution in [0.3, 0.4) is 0 Å². The first-order valence-electron chi connectivity index (χ1n) is 24.2. The van der Waals surface area contributed by atoms with Gasteiger partial charge in [0.15, 0.2) is 0 Å². The van der Waals surface area contributed by atoms with Crippen LogP contribution in [0.15, 0.2) is 192 Å². The van der Waals surface area contributed by atoms with Gasteiger partial charge in [0.2, 0.25) is 0 Å². The maximum absolute atomic E-state index is 5.37. The molecule has 0 N–H and O–H groups in total. The normalized spacial score (nSPS) is 16.7. The van der Waals surface area contributed by atoms with Gasteiger partial charge in [-0.3, -0.25) is 9.98 Å². The van der Waals surface area contributed by atoms with E-state index in [-0.39, 0.29) is 6.04 Å². The maximum atomic E-state index is 5.37. The standard InChI is InChI=1S/C64H44N4/c1-5-15-47-39(11-1)25-33-53-54-34-26-40-12-2-6-16-48(40)62(54)67(61(47)53)45-29-21-43(22-30-45)57-51-19-9-10-20-52(51)58(60-59(57)65-37-38-66-60)44-23-31-46(32-24-44)68-63-49-17-7-3-13-41(49)27-35-55(63)56-36-28-42-14-4-8-18-50(42)64(56)68/h1-9,11-19,21,23-29,31-35,64H,10,20,22,30,37-38H2. The minimum Gasteiger partial charge on any atom is -0.328 e. The third-order valence-electron chi connectivity index (χ3n) is 15.4. The lowest BCUT2D eigenvalue weighted by Crippen LogP contribution is -2.37. The Hall–Kier alpha value is -8.30. The minimum atomic E-state index is 0.0357. The van der Waals surface area contributed by atoms with Crippen LogP contribution in [0.2, 0.25) is 0 Å². The van der Waals surface area contributed by atoms with Gasteiger partial charge < -0.3 is 9.47 Å². The van der Waals surface area contributed by atoms with Crippen LogP contribution in [-0.2, 0) is 6.42 Å². The molecule has 68 heavy (non-hydrogen) atoms. The molecule has 10 aromatic rings. The van der Waals surface area contributed by atoms with Gasteiger partial charge in [-0.1, -0.05) is 164 Å². The minimum absolute atomic E-state index is 0.0357. The van der Waals surface area contributed by atoms with Crippen LogP contribution >= 0.6 is 0 Å². The second kappa shape index (κ2) is 14.6. The summed E-state index contributed by atoms with van der Waals surface area (Å²) in [5.74, 6) is 0. The molecule has 1 aromatic heterocycles. The predicted molar refractivity (Wildman–Crippen MR) is 284 cm³/mol. The fraction of sp³-hybridized carbons (Fsp3) is 0.109.